The lowest BCUT2D eigenvalue weighted by atomic mass is 9.79. The summed E-state index contributed by atoms with van der Waals surface area (Å²) < 4.78 is 28.2. The van der Waals surface area contributed by atoms with Crippen molar-refractivity contribution in [2.75, 3.05) is 11.9 Å². The van der Waals surface area contributed by atoms with Gasteiger partial charge in [0.15, 0.2) is 0 Å². The van der Waals surface area contributed by atoms with E-state index < -0.39 is 10.0 Å². The summed E-state index contributed by atoms with van der Waals surface area (Å²) in [5, 5.41) is 2.80. The van der Waals surface area contributed by atoms with Crippen LogP contribution in [0.1, 0.15) is 56.9 Å². The minimum Gasteiger partial charge on any atom is -0.325 e. The highest BCUT2D eigenvalue weighted by Gasteiger charge is 2.40. The fourth-order valence-corrected chi connectivity index (χ4v) is 6.36. The van der Waals surface area contributed by atoms with E-state index in [9.17, 15) is 13.2 Å². The number of nitrogens with one attached hydrogen (secondary N) is 1. The largest absolute Gasteiger partial charge is 0.325 e. The SMILES string of the molecule is C[C@@H]1C(=O)Nc2ccc(S(=O)(=O)N3CCC[C@H]4CCCC[C@@H]43)cc21. The summed E-state index contributed by atoms with van der Waals surface area (Å²) in [5.74, 6) is 0.155. The Bertz CT molecular complexity index is 772. The van der Waals surface area contributed by atoms with E-state index in [-0.39, 0.29) is 17.9 Å². The minimum atomic E-state index is -3.50. The van der Waals surface area contributed by atoms with Crippen LogP contribution in [0.5, 0.6) is 0 Å². The van der Waals surface area contributed by atoms with Crippen LogP contribution >= 0.6 is 0 Å². The second-order valence-corrected chi connectivity index (χ2v) is 9.22. The number of carbonyl (C=O) groups is 1. The zero-order valence-corrected chi connectivity index (χ0v) is 14.8. The van der Waals surface area contributed by atoms with E-state index in [1.165, 1.54) is 6.42 Å². The van der Waals surface area contributed by atoms with Crippen molar-refractivity contribution in [3.8, 4) is 0 Å². The molecule has 0 spiro atoms. The first-order valence-electron chi connectivity index (χ1n) is 8.95. The van der Waals surface area contributed by atoms with Gasteiger partial charge >= 0.3 is 0 Å². The van der Waals surface area contributed by atoms with Crippen molar-refractivity contribution in [2.45, 2.75) is 62.3 Å². The van der Waals surface area contributed by atoms with Gasteiger partial charge in [-0.1, -0.05) is 12.8 Å². The lowest BCUT2D eigenvalue weighted by Gasteiger charge is -2.43. The summed E-state index contributed by atoms with van der Waals surface area (Å²) in [6, 6.07) is 5.22. The molecule has 1 saturated carbocycles. The standard InChI is InChI=1S/C18H24N2O3S/c1-12-15-11-14(8-9-16(15)19-18(12)21)24(22,23)20-10-4-6-13-5-2-3-7-17(13)20/h8-9,11-13,17H,2-7,10H2,1H3,(H,19,21)/t12-,13+,17-/m0/s1. The average Bonchev–Trinajstić information content (AvgIpc) is 2.88. The number of hydrogen-bond donors (Lipinski definition) is 1. The Balaban J connectivity index is 1.69. The first-order chi connectivity index (χ1) is 11.5. The van der Waals surface area contributed by atoms with Crippen LogP contribution in [0.4, 0.5) is 5.69 Å². The molecule has 1 saturated heterocycles. The second kappa shape index (κ2) is 5.85. The van der Waals surface area contributed by atoms with Crippen molar-refractivity contribution in [1.82, 2.24) is 4.31 Å². The Morgan fingerprint density at radius 3 is 2.71 bits per heavy atom. The number of benzene rings is 1. The van der Waals surface area contributed by atoms with Crippen LogP contribution in [0.2, 0.25) is 0 Å². The Labute approximate surface area is 143 Å². The molecule has 1 aromatic carbocycles. The summed E-state index contributed by atoms with van der Waals surface area (Å²) in [6.07, 6.45) is 6.56. The molecule has 2 aliphatic heterocycles. The number of nitrogens with zero attached hydrogens (tertiary/aromatic N) is 1. The maximum absolute atomic E-state index is 13.3. The van der Waals surface area contributed by atoms with E-state index in [0.717, 1.165) is 43.4 Å². The molecule has 1 aliphatic carbocycles. The van der Waals surface area contributed by atoms with E-state index in [1.807, 2.05) is 6.92 Å². The number of carbonyl (C=O) groups excluding carboxylic acids is 1. The molecule has 0 bridgehead atoms. The maximum Gasteiger partial charge on any atom is 0.243 e. The van der Waals surface area contributed by atoms with Gasteiger partial charge in [0.1, 0.15) is 0 Å². The van der Waals surface area contributed by atoms with Gasteiger partial charge < -0.3 is 5.32 Å². The Morgan fingerprint density at radius 1 is 1.12 bits per heavy atom. The number of piperidine rings is 1. The first kappa shape index (κ1) is 16.1. The number of rotatable bonds is 2. The van der Waals surface area contributed by atoms with Crippen LogP contribution in [0, 0.1) is 5.92 Å². The van der Waals surface area contributed by atoms with Gasteiger partial charge in [0.2, 0.25) is 15.9 Å². The summed E-state index contributed by atoms with van der Waals surface area (Å²) in [4.78, 5) is 12.1. The van der Waals surface area contributed by atoms with Crippen LogP contribution in [-0.2, 0) is 14.8 Å². The maximum atomic E-state index is 13.3. The number of sulfonamides is 1. The summed E-state index contributed by atoms with van der Waals surface area (Å²) in [5.41, 5.74) is 1.53. The molecule has 130 valence electrons. The Hall–Kier alpha value is -1.40. The fraction of sp³-hybridized carbons (Fsp3) is 0.611. The van der Waals surface area contributed by atoms with Gasteiger partial charge in [0, 0.05) is 18.3 Å². The van der Waals surface area contributed by atoms with Gasteiger partial charge in [-0.15, -0.1) is 0 Å². The molecule has 3 atom stereocenters. The lowest BCUT2D eigenvalue weighted by Crippen LogP contribution is -2.49. The molecule has 4 rings (SSSR count). The fourth-order valence-electron chi connectivity index (χ4n) is 4.57. The molecular weight excluding hydrogens is 324 g/mol. The van der Waals surface area contributed by atoms with Gasteiger partial charge in [-0.05, 0) is 62.3 Å². The van der Waals surface area contributed by atoms with E-state index >= 15 is 0 Å². The summed E-state index contributed by atoms with van der Waals surface area (Å²) in [6.45, 7) is 2.43. The molecule has 2 heterocycles. The zero-order chi connectivity index (χ0) is 16.9. The minimum absolute atomic E-state index is 0.0649. The van der Waals surface area contributed by atoms with E-state index in [4.69, 9.17) is 0 Å². The van der Waals surface area contributed by atoms with Crippen LogP contribution in [-0.4, -0.2) is 31.2 Å². The molecule has 24 heavy (non-hydrogen) atoms. The Morgan fingerprint density at radius 2 is 1.88 bits per heavy atom. The number of fused-ring (bicyclic) bond motifs is 2. The molecule has 2 fully saturated rings. The van der Waals surface area contributed by atoms with Crippen LogP contribution in [0.15, 0.2) is 23.1 Å². The Kier molecular flexibility index (Phi) is 3.92. The molecular formula is C18H24N2O3S. The third kappa shape index (κ3) is 2.47. The second-order valence-electron chi connectivity index (χ2n) is 7.33. The van der Waals surface area contributed by atoms with Gasteiger partial charge in [-0.2, -0.15) is 4.31 Å². The highest BCUT2D eigenvalue weighted by Crippen LogP contribution is 2.39. The molecule has 0 aromatic heterocycles. The predicted molar refractivity (Wildman–Crippen MR) is 92.4 cm³/mol. The summed E-state index contributed by atoms with van der Waals surface area (Å²) >= 11 is 0. The molecule has 5 nitrogen and oxygen atoms in total. The molecule has 1 aromatic rings. The van der Waals surface area contributed by atoms with Crippen molar-refractivity contribution in [3.05, 3.63) is 23.8 Å². The quantitative estimate of drug-likeness (QED) is 0.893. The number of hydrogen-bond acceptors (Lipinski definition) is 3. The zero-order valence-electron chi connectivity index (χ0n) is 14.0. The number of amides is 1. The predicted octanol–water partition coefficient (Wildman–Crippen LogP) is 3.09. The summed E-state index contributed by atoms with van der Waals surface area (Å²) in [7, 11) is -3.50. The van der Waals surface area contributed by atoms with Gasteiger partial charge in [0.05, 0.1) is 10.8 Å². The van der Waals surface area contributed by atoms with E-state index in [1.54, 1.807) is 22.5 Å². The highest BCUT2D eigenvalue weighted by molar-refractivity contribution is 7.89. The van der Waals surface area contributed by atoms with Crippen molar-refractivity contribution in [3.63, 3.8) is 0 Å². The van der Waals surface area contributed by atoms with E-state index in [0.29, 0.717) is 17.4 Å². The molecule has 6 heteroatoms. The van der Waals surface area contributed by atoms with Crippen molar-refractivity contribution < 1.29 is 13.2 Å². The van der Waals surface area contributed by atoms with Gasteiger partial charge in [-0.3, -0.25) is 4.79 Å². The van der Waals surface area contributed by atoms with Crippen molar-refractivity contribution >= 4 is 21.6 Å². The lowest BCUT2D eigenvalue weighted by molar-refractivity contribution is -0.116. The molecule has 1 amide bonds. The first-order valence-corrected chi connectivity index (χ1v) is 10.4. The van der Waals surface area contributed by atoms with Crippen LogP contribution in [0.25, 0.3) is 0 Å². The normalized spacial score (nSPS) is 30.5. The molecule has 0 radical (unpaired) electrons. The van der Waals surface area contributed by atoms with E-state index in [2.05, 4.69) is 5.32 Å². The third-order valence-electron chi connectivity index (χ3n) is 5.94. The van der Waals surface area contributed by atoms with Gasteiger partial charge in [-0.25, -0.2) is 8.42 Å². The monoisotopic (exact) mass is 348 g/mol. The molecule has 3 aliphatic rings. The van der Waals surface area contributed by atoms with Crippen LogP contribution in [0.3, 0.4) is 0 Å². The number of anilines is 1. The highest BCUT2D eigenvalue weighted by atomic mass is 32.2. The molecule has 0 unspecified atom stereocenters. The van der Waals surface area contributed by atoms with Crippen LogP contribution < -0.4 is 5.32 Å². The molecule has 1 N–H and O–H groups in total. The third-order valence-corrected chi connectivity index (χ3v) is 7.86. The van der Waals surface area contributed by atoms with Crippen molar-refractivity contribution in [1.29, 1.82) is 0 Å². The van der Waals surface area contributed by atoms with Gasteiger partial charge in [0.25, 0.3) is 0 Å². The smallest absolute Gasteiger partial charge is 0.243 e. The average molecular weight is 348 g/mol. The topological polar surface area (TPSA) is 66.5 Å². The van der Waals surface area contributed by atoms with Crippen molar-refractivity contribution in [2.24, 2.45) is 5.92 Å².